The van der Waals surface area contributed by atoms with Crippen molar-refractivity contribution in [1.82, 2.24) is 15.2 Å². The van der Waals surface area contributed by atoms with Crippen LogP contribution in [-0.2, 0) is 5.75 Å². The van der Waals surface area contributed by atoms with Crippen LogP contribution < -0.4 is 5.32 Å². The minimum absolute atomic E-state index is 0.735. The van der Waals surface area contributed by atoms with Crippen molar-refractivity contribution < 1.29 is 0 Å². The Hall–Kier alpha value is -1.63. The molecule has 0 amide bonds. The first-order valence-electron chi connectivity index (χ1n) is 6.61. The normalized spacial score (nSPS) is 10.6. The van der Waals surface area contributed by atoms with Crippen molar-refractivity contribution in [3.63, 3.8) is 0 Å². The van der Waals surface area contributed by atoms with Gasteiger partial charge in [-0.3, -0.25) is 4.98 Å². The van der Waals surface area contributed by atoms with Crippen molar-refractivity contribution in [1.29, 1.82) is 0 Å². The Morgan fingerprint density at radius 1 is 1.18 bits per heavy atom. The van der Waals surface area contributed by atoms with Crippen LogP contribution in [0.2, 0.25) is 5.02 Å². The minimum atomic E-state index is 0.735. The summed E-state index contributed by atoms with van der Waals surface area (Å²) in [6.45, 7) is 1.97. The monoisotopic (exact) mass is 348 g/mol. The maximum atomic E-state index is 6.12. The van der Waals surface area contributed by atoms with Gasteiger partial charge >= 0.3 is 0 Å². The van der Waals surface area contributed by atoms with Crippen molar-refractivity contribution in [3.8, 4) is 0 Å². The Kier molecular flexibility index (Phi) is 4.92. The van der Waals surface area contributed by atoms with Crippen LogP contribution in [0.1, 0.15) is 11.3 Å². The van der Waals surface area contributed by atoms with E-state index in [1.807, 2.05) is 43.3 Å². The van der Waals surface area contributed by atoms with Gasteiger partial charge < -0.3 is 5.32 Å². The lowest BCUT2D eigenvalue weighted by molar-refractivity contribution is 1.01. The van der Waals surface area contributed by atoms with E-state index < -0.39 is 0 Å². The predicted molar refractivity (Wildman–Crippen MR) is 93.2 cm³/mol. The van der Waals surface area contributed by atoms with E-state index >= 15 is 0 Å². The number of anilines is 2. The van der Waals surface area contributed by atoms with E-state index in [-0.39, 0.29) is 0 Å². The molecule has 0 fully saturated rings. The summed E-state index contributed by atoms with van der Waals surface area (Å²) >= 11 is 9.27. The number of hydrogen-bond donors (Lipinski definition) is 1. The zero-order valence-corrected chi connectivity index (χ0v) is 14.2. The highest BCUT2D eigenvalue weighted by Crippen LogP contribution is 2.31. The molecular weight excluding hydrogens is 336 g/mol. The average Bonchev–Trinajstić information content (AvgIpc) is 2.98. The lowest BCUT2D eigenvalue weighted by Gasteiger charge is -2.06. The van der Waals surface area contributed by atoms with Gasteiger partial charge in [-0.15, -0.1) is 10.2 Å². The van der Waals surface area contributed by atoms with Gasteiger partial charge in [0.2, 0.25) is 5.13 Å². The molecule has 0 saturated carbocycles. The first-order chi connectivity index (χ1) is 10.7. The van der Waals surface area contributed by atoms with Gasteiger partial charge in [0.25, 0.3) is 0 Å². The third-order valence-corrected chi connectivity index (χ3v) is 5.40. The van der Waals surface area contributed by atoms with Gasteiger partial charge in [-0.05, 0) is 36.8 Å². The van der Waals surface area contributed by atoms with Crippen LogP contribution in [0.5, 0.6) is 0 Å². The quantitative estimate of drug-likeness (QED) is 0.662. The van der Waals surface area contributed by atoms with E-state index in [0.717, 1.165) is 37.2 Å². The molecular formula is C15H13ClN4S2. The van der Waals surface area contributed by atoms with Crippen molar-refractivity contribution in [2.75, 3.05) is 5.32 Å². The molecule has 2 heterocycles. The van der Waals surface area contributed by atoms with Crippen LogP contribution in [0, 0.1) is 6.92 Å². The summed E-state index contributed by atoms with van der Waals surface area (Å²) in [5.41, 5.74) is 2.98. The number of halogens is 1. The lowest BCUT2D eigenvalue weighted by Crippen LogP contribution is -1.92. The number of hydrogen-bond acceptors (Lipinski definition) is 6. The van der Waals surface area contributed by atoms with Crippen LogP contribution in [0.4, 0.5) is 10.8 Å². The van der Waals surface area contributed by atoms with Crippen LogP contribution in [0.25, 0.3) is 0 Å². The highest BCUT2D eigenvalue weighted by molar-refractivity contribution is 8.00. The Bertz CT molecular complexity index is 761. The molecule has 112 valence electrons. The topological polar surface area (TPSA) is 50.7 Å². The van der Waals surface area contributed by atoms with Crippen LogP contribution in [0.3, 0.4) is 0 Å². The number of nitrogens with one attached hydrogen (secondary N) is 1. The van der Waals surface area contributed by atoms with Gasteiger partial charge in [-0.2, -0.15) is 0 Å². The van der Waals surface area contributed by atoms with Crippen LogP contribution in [-0.4, -0.2) is 15.2 Å². The molecule has 0 aliphatic carbocycles. The highest BCUT2D eigenvalue weighted by Gasteiger charge is 2.08. The molecule has 0 aliphatic heterocycles. The van der Waals surface area contributed by atoms with Gasteiger partial charge in [0, 0.05) is 22.7 Å². The molecule has 22 heavy (non-hydrogen) atoms. The number of thioether (sulfide) groups is 1. The number of pyridine rings is 1. The van der Waals surface area contributed by atoms with Crippen molar-refractivity contribution in [3.05, 3.63) is 58.9 Å². The van der Waals surface area contributed by atoms with Gasteiger partial charge in [0.1, 0.15) is 0 Å². The molecule has 0 spiro atoms. The van der Waals surface area contributed by atoms with Gasteiger partial charge in [0.05, 0.1) is 5.69 Å². The molecule has 0 radical (unpaired) electrons. The molecule has 0 atom stereocenters. The number of nitrogens with zero attached hydrogens (tertiary/aromatic N) is 3. The third kappa shape index (κ3) is 3.76. The van der Waals surface area contributed by atoms with Crippen LogP contribution >= 0.6 is 34.7 Å². The van der Waals surface area contributed by atoms with E-state index in [2.05, 4.69) is 20.5 Å². The molecule has 3 rings (SSSR count). The molecule has 7 heteroatoms. The fraction of sp³-hybridized carbons (Fsp3) is 0.133. The molecule has 4 nitrogen and oxygen atoms in total. The predicted octanol–water partition coefficient (Wildman–Crippen LogP) is 4.93. The van der Waals surface area contributed by atoms with Crippen molar-refractivity contribution >= 4 is 45.5 Å². The molecule has 0 unspecified atom stereocenters. The van der Waals surface area contributed by atoms with Crippen molar-refractivity contribution in [2.45, 2.75) is 17.0 Å². The average molecular weight is 349 g/mol. The molecule has 2 aromatic heterocycles. The second kappa shape index (κ2) is 7.09. The summed E-state index contributed by atoms with van der Waals surface area (Å²) in [5.74, 6) is 0.783. The largest absolute Gasteiger partial charge is 0.330 e. The number of aromatic nitrogens is 3. The zero-order valence-electron chi connectivity index (χ0n) is 11.8. The summed E-state index contributed by atoms with van der Waals surface area (Å²) in [6.07, 6.45) is 1.80. The van der Waals surface area contributed by atoms with Crippen molar-refractivity contribution in [2.24, 2.45) is 0 Å². The van der Waals surface area contributed by atoms with Gasteiger partial charge in [-0.1, -0.05) is 46.8 Å². The minimum Gasteiger partial charge on any atom is -0.330 e. The van der Waals surface area contributed by atoms with E-state index in [4.69, 9.17) is 11.6 Å². The summed E-state index contributed by atoms with van der Waals surface area (Å²) in [4.78, 5) is 4.29. The third-order valence-electron chi connectivity index (χ3n) is 2.99. The molecule has 0 aliphatic rings. The molecule has 1 aromatic carbocycles. The molecule has 0 saturated heterocycles. The smallest absolute Gasteiger partial charge is 0.210 e. The summed E-state index contributed by atoms with van der Waals surface area (Å²) in [7, 11) is 0. The number of rotatable bonds is 5. The molecule has 0 bridgehead atoms. The van der Waals surface area contributed by atoms with E-state index in [1.54, 1.807) is 18.0 Å². The number of benzene rings is 1. The first-order valence-corrected chi connectivity index (χ1v) is 8.79. The SMILES string of the molecule is Cc1c(Cl)cccc1Nc1nnc(SCc2ccccn2)s1. The summed E-state index contributed by atoms with van der Waals surface area (Å²) < 4.78 is 0.910. The van der Waals surface area contributed by atoms with E-state index in [1.165, 1.54) is 11.3 Å². The molecule has 1 N–H and O–H groups in total. The van der Waals surface area contributed by atoms with E-state index in [0.29, 0.717) is 0 Å². The maximum absolute atomic E-state index is 6.12. The lowest BCUT2D eigenvalue weighted by atomic mass is 10.2. The Labute approximate surface area is 142 Å². The fourth-order valence-electron chi connectivity index (χ4n) is 1.80. The van der Waals surface area contributed by atoms with E-state index in [9.17, 15) is 0 Å². The van der Waals surface area contributed by atoms with Gasteiger partial charge in [-0.25, -0.2) is 0 Å². The first kappa shape index (κ1) is 15.3. The highest BCUT2D eigenvalue weighted by atomic mass is 35.5. The maximum Gasteiger partial charge on any atom is 0.210 e. The summed E-state index contributed by atoms with van der Waals surface area (Å²) in [5, 5.41) is 13.1. The summed E-state index contributed by atoms with van der Waals surface area (Å²) in [6, 6.07) is 11.7. The van der Waals surface area contributed by atoms with Crippen LogP contribution in [0.15, 0.2) is 46.9 Å². The Morgan fingerprint density at radius 3 is 2.91 bits per heavy atom. The Balaban J connectivity index is 1.65. The Morgan fingerprint density at radius 2 is 2.09 bits per heavy atom. The standard InChI is InChI=1S/C15H13ClN4S2/c1-10-12(16)6-4-7-13(10)18-14-19-20-15(22-14)21-9-11-5-2-3-8-17-11/h2-8H,9H2,1H3,(H,18,19). The second-order valence-electron chi connectivity index (χ2n) is 4.52. The molecule has 3 aromatic rings. The second-order valence-corrected chi connectivity index (χ2v) is 7.13. The van der Waals surface area contributed by atoms with Gasteiger partial charge in [0.15, 0.2) is 4.34 Å². The zero-order chi connectivity index (χ0) is 15.4. The fourth-order valence-corrected chi connectivity index (χ4v) is 3.65.